The van der Waals surface area contributed by atoms with E-state index in [1.165, 1.54) is 6.42 Å². The average Bonchev–Trinajstić information content (AvgIpc) is 3.09. The highest BCUT2D eigenvalue weighted by molar-refractivity contribution is 5.95. The van der Waals surface area contributed by atoms with Crippen molar-refractivity contribution in [2.45, 2.75) is 24.9 Å². The Labute approximate surface area is 117 Å². The number of fused-ring (bicyclic) bond motifs is 3. The van der Waals surface area contributed by atoms with E-state index in [9.17, 15) is 4.79 Å². The molecule has 2 N–H and O–H groups in total. The fourth-order valence-electron chi connectivity index (χ4n) is 3.45. The third kappa shape index (κ3) is 2.02. The molecule has 5 heteroatoms. The minimum absolute atomic E-state index is 0.0143. The first-order valence-electron chi connectivity index (χ1n) is 7.23. The van der Waals surface area contributed by atoms with Gasteiger partial charge in [0.15, 0.2) is 11.5 Å². The normalized spacial score (nSPS) is 30.3. The number of hydrogen-bond acceptors (Lipinski definition) is 4. The standard InChI is InChI=1S/C15H18N2O3/c18-15(17-12-7-11-5-10(12)8-16-11)9-1-2-13-14(6-9)20-4-3-19-13/h1-2,6,10-12,16H,3-5,7-8H2,(H,17,18). The highest BCUT2D eigenvalue weighted by Crippen LogP contribution is 2.33. The van der Waals surface area contributed by atoms with Gasteiger partial charge >= 0.3 is 0 Å². The Morgan fingerprint density at radius 3 is 2.80 bits per heavy atom. The number of piperidine rings is 1. The van der Waals surface area contributed by atoms with Crippen LogP contribution in [0.2, 0.25) is 0 Å². The summed E-state index contributed by atoms with van der Waals surface area (Å²) in [6.07, 6.45) is 2.23. The maximum atomic E-state index is 12.3. The van der Waals surface area contributed by atoms with Crippen LogP contribution in [-0.2, 0) is 0 Å². The van der Waals surface area contributed by atoms with Crippen LogP contribution in [0.5, 0.6) is 11.5 Å². The van der Waals surface area contributed by atoms with Crippen LogP contribution in [0.3, 0.4) is 0 Å². The predicted molar refractivity (Wildman–Crippen MR) is 73.2 cm³/mol. The van der Waals surface area contributed by atoms with Crippen LogP contribution < -0.4 is 20.1 Å². The summed E-state index contributed by atoms with van der Waals surface area (Å²) < 4.78 is 11.0. The Hall–Kier alpha value is -1.75. The molecule has 2 heterocycles. The molecule has 0 radical (unpaired) electrons. The summed E-state index contributed by atoms with van der Waals surface area (Å²) in [6, 6.07) is 6.28. The van der Waals surface area contributed by atoms with Crippen molar-refractivity contribution in [1.29, 1.82) is 0 Å². The molecule has 1 aliphatic carbocycles. The maximum Gasteiger partial charge on any atom is 0.251 e. The highest BCUT2D eigenvalue weighted by Gasteiger charge is 2.40. The molecular formula is C15H18N2O3. The highest BCUT2D eigenvalue weighted by atomic mass is 16.6. The van der Waals surface area contributed by atoms with Gasteiger partial charge in [0.05, 0.1) is 0 Å². The average molecular weight is 274 g/mol. The molecule has 20 heavy (non-hydrogen) atoms. The van der Waals surface area contributed by atoms with E-state index < -0.39 is 0 Å². The molecule has 3 aliphatic rings. The summed E-state index contributed by atoms with van der Waals surface area (Å²) in [5, 5.41) is 6.61. The van der Waals surface area contributed by atoms with E-state index in [2.05, 4.69) is 10.6 Å². The lowest BCUT2D eigenvalue weighted by Crippen LogP contribution is -2.44. The topological polar surface area (TPSA) is 59.6 Å². The molecule has 2 aliphatic heterocycles. The summed E-state index contributed by atoms with van der Waals surface area (Å²) in [4.78, 5) is 12.3. The van der Waals surface area contributed by atoms with Crippen LogP contribution in [0.4, 0.5) is 0 Å². The molecule has 106 valence electrons. The second-order valence-corrected chi connectivity index (χ2v) is 5.78. The molecule has 1 saturated heterocycles. The van der Waals surface area contributed by atoms with Gasteiger partial charge in [-0.2, -0.15) is 0 Å². The van der Waals surface area contributed by atoms with Crippen LogP contribution in [-0.4, -0.2) is 37.7 Å². The van der Waals surface area contributed by atoms with Gasteiger partial charge in [0.25, 0.3) is 5.91 Å². The number of nitrogens with one attached hydrogen (secondary N) is 2. The van der Waals surface area contributed by atoms with Gasteiger partial charge in [-0.3, -0.25) is 4.79 Å². The number of carbonyl (C=O) groups excluding carboxylic acids is 1. The number of carbonyl (C=O) groups is 1. The zero-order valence-corrected chi connectivity index (χ0v) is 11.2. The summed E-state index contributed by atoms with van der Waals surface area (Å²) >= 11 is 0. The fraction of sp³-hybridized carbons (Fsp3) is 0.533. The van der Waals surface area contributed by atoms with Crippen LogP contribution >= 0.6 is 0 Å². The molecule has 1 aromatic carbocycles. The third-order valence-corrected chi connectivity index (χ3v) is 4.48. The molecule has 0 aromatic heterocycles. The maximum absolute atomic E-state index is 12.3. The zero-order chi connectivity index (χ0) is 13.5. The molecule has 3 unspecified atom stereocenters. The van der Waals surface area contributed by atoms with Crippen LogP contribution in [0.1, 0.15) is 23.2 Å². The predicted octanol–water partition coefficient (Wildman–Crippen LogP) is 0.938. The first kappa shape index (κ1) is 12.0. The third-order valence-electron chi connectivity index (χ3n) is 4.48. The lowest BCUT2D eigenvalue weighted by Gasteiger charge is -2.24. The smallest absolute Gasteiger partial charge is 0.251 e. The van der Waals surface area contributed by atoms with Crippen molar-refractivity contribution in [3.63, 3.8) is 0 Å². The van der Waals surface area contributed by atoms with Crippen molar-refractivity contribution >= 4 is 5.91 Å². The Bertz CT molecular complexity index is 546. The minimum Gasteiger partial charge on any atom is -0.486 e. The Morgan fingerprint density at radius 1 is 1.20 bits per heavy atom. The van der Waals surface area contributed by atoms with Crippen LogP contribution in [0.25, 0.3) is 0 Å². The monoisotopic (exact) mass is 274 g/mol. The van der Waals surface area contributed by atoms with Crippen LogP contribution in [0.15, 0.2) is 18.2 Å². The number of hydrogen-bond donors (Lipinski definition) is 2. The molecule has 5 nitrogen and oxygen atoms in total. The Balaban J connectivity index is 1.48. The van der Waals surface area contributed by atoms with Gasteiger partial charge in [-0.05, 0) is 37.0 Å². The first-order chi connectivity index (χ1) is 9.79. The van der Waals surface area contributed by atoms with Crippen molar-refractivity contribution < 1.29 is 14.3 Å². The van der Waals surface area contributed by atoms with E-state index in [-0.39, 0.29) is 5.91 Å². The minimum atomic E-state index is -0.0143. The molecule has 4 rings (SSSR count). The lowest BCUT2D eigenvalue weighted by molar-refractivity contribution is 0.0924. The van der Waals surface area contributed by atoms with Crippen molar-refractivity contribution in [3.05, 3.63) is 23.8 Å². The van der Waals surface area contributed by atoms with Gasteiger partial charge in [0, 0.05) is 24.2 Å². The molecular weight excluding hydrogens is 256 g/mol. The van der Waals surface area contributed by atoms with Crippen molar-refractivity contribution in [1.82, 2.24) is 10.6 Å². The van der Waals surface area contributed by atoms with Gasteiger partial charge in [0.1, 0.15) is 13.2 Å². The molecule has 3 atom stereocenters. The van der Waals surface area contributed by atoms with E-state index in [0.29, 0.717) is 42.5 Å². The van der Waals surface area contributed by atoms with E-state index in [1.807, 2.05) is 6.07 Å². The fourth-order valence-corrected chi connectivity index (χ4v) is 3.45. The molecule has 2 bridgehead atoms. The van der Waals surface area contributed by atoms with Gasteiger partial charge in [0.2, 0.25) is 0 Å². The molecule has 0 spiro atoms. The van der Waals surface area contributed by atoms with E-state index >= 15 is 0 Å². The number of ether oxygens (including phenoxy) is 2. The van der Waals surface area contributed by atoms with E-state index in [0.717, 1.165) is 18.7 Å². The molecule has 1 amide bonds. The summed E-state index contributed by atoms with van der Waals surface area (Å²) in [5.41, 5.74) is 0.644. The van der Waals surface area contributed by atoms with E-state index in [1.54, 1.807) is 12.1 Å². The van der Waals surface area contributed by atoms with Gasteiger partial charge < -0.3 is 20.1 Å². The molecule has 1 saturated carbocycles. The van der Waals surface area contributed by atoms with Crippen molar-refractivity contribution in [2.75, 3.05) is 19.8 Å². The Morgan fingerprint density at radius 2 is 2.05 bits per heavy atom. The Kier molecular flexibility index (Phi) is 2.80. The number of rotatable bonds is 2. The summed E-state index contributed by atoms with van der Waals surface area (Å²) in [7, 11) is 0. The zero-order valence-electron chi connectivity index (χ0n) is 11.2. The first-order valence-corrected chi connectivity index (χ1v) is 7.23. The van der Waals surface area contributed by atoms with Crippen LogP contribution in [0, 0.1) is 5.92 Å². The lowest BCUT2D eigenvalue weighted by atomic mass is 10.0. The van der Waals surface area contributed by atoms with E-state index in [4.69, 9.17) is 9.47 Å². The van der Waals surface area contributed by atoms with Gasteiger partial charge in [-0.15, -0.1) is 0 Å². The quantitative estimate of drug-likeness (QED) is 0.842. The second kappa shape index (κ2) is 4.66. The largest absolute Gasteiger partial charge is 0.486 e. The summed E-state index contributed by atoms with van der Waals surface area (Å²) in [5.74, 6) is 1.95. The number of amides is 1. The van der Waals surface area contributed by atoms with Crippen molar-refractivity contribution in [2.24, 2.45) is 5.92 Å². The van der Waals surface area contributed by atoms with Crippen molar-refractivity contribution in [3.8, 4) is 11.5 Å². The van der Waals surface area contributed by atoms with Gasteiger partial charge in [-0.1, -0.05) is 0 Å². The van der Waals surface area contributed by atoms with Gasteiger partial charge in [-0.25, -0.2) is 0 Å². The second-order valence-electron chi connectivity index (χ2n) is 5.78. The molecule has 1 aromatic rings. The SMILES string of the molecule is O=C(NC1CC2CC1CN2)c1ccc2c(c1)OCCO2. The number of benzene rings is 1. The molecule has 2 fully saturated rings. The summed E-state index contributed by atoms with van der Waals surface area (Å²) in [6.45, 7) is 2.13.